The Kier molecular flexibility index (Phi) is 5.05. The minimum atomic E-state index is -3.64. The van der Waals surface area contributed by atoms with Gasteiger partial charge in [-0.3, -0.25) is 0 Å². The molecule has 0 amide bonds. The Balaban J connectivity index is 3.16. The third-order valence-electron chi connectivity index (χ3n) is 3.29. The van der Waals surface area contributed by atoms with Crippen LogP contribution in [0, 0.1) is 5.41 Å². The highest BCUT2D eigenvalue weighted by Gasteiger charge is 2.28. The molecule has 1 N–H and O–H groups in total. The van der Waals surface area contributed by atoms with Crippen molar-refractivity contribution >= 4 is 10.0 Å². The molecule has 0 saturated carbocycles. The molecule has 0 saturated heterocycles. The van der Waals surface area contributed by atoms with E-state index in [-0.39, 0.29) is 22.1 Å². The second-order valence-corrected chi connectivity index (χ2v) is 7.41. The topological polar surface area (TPSA) is 64.6 Å². The molecule has 5 nitrogen and oxygen atoms in total. The zero-order valence-electron chi connectivity index (χ0n) is 12.9. The fourth-order valence-corrected chi connectivity index (χ4v) is 3.07. The van der Waals surface area contributed by atoms with Crippen molar-refractivity contribution in [3.8, 4) is 11.5 Å². The molecular formula is C14H23NO4S. The highest BCUT2D eigenvalue weighted by atomic mass is 32.2. The highest BCUT2D eigenvalue weighted by Crippen LogP contribution is 2.29. The lowest BCUT2D eigenvalue weighted by atomic mass is 9.89. The molecule has 20 heavy (non-hydrogen) atoms. The van der Waals surface area contributed by atoms with Crippen LogP contribution in [0.1, 0.15) is 27.7 Å². The van der Waals surface area contributed by atoms with Gasteiger partial charge in [0, 0.05) is 12.1 Å². The summed E-state index contributed by atoms with van der Waals surface area (Å²) in [5.74, 6) is 0.808. The molecule has 1 aromatic carbocycles. The number of ether oxygens (including phenoxy) is 2. The van der Waals surface area contributed by atoms with Gasteiger partial charge in [0.2, 0.25) is 10.0 Å². The molecule has 114 valence electrons. The fourth-order valence-electron chi connectivity index (χ4n) is 1.47. The maximum atomic E-state index is 12.4. The SMILES string of the molecule is COc1ccc(S(=O)(=O)NC(C)C(C)(C)C)c(OC)c1. The Morgan fingerprint density at radius 2 is 1.75 bits per heavy atom. The van der Waals surface area contributed by atoms with Gasteiger partial charge in [-0.1, -0.05) is 20.8 Å². The Morgan fingerprint density at radius 1 is 1.15 bits per heavy atom. The van der Waals surface area contributed by atoms with Gasteiger partial charge in [-0.15, -0.1) is 0 Å². The van der Waals surface area contributed by atoms with Crippen LogP contribution in [-0.2, 0) is 10.0 Å². The molecule has 0 aliphatic rings. The second kappa shape index (κ2) is 6.01. The van der Waals surface area contributed by atoms with Crippen molar-refractivity contribution < 1.29 is 17.9 Å². The van der Waals surface area contributed by atoms with Gasteiger partial charge in [-0.05, 0) is 24.5 Å². The third-order valence-corrected chi connectivity index (χ3v) is 4.87. The van der Waals surface area contributed by atoms with Gasteiger partial charge in [0.05, 0.1) is 14.2 Å². The lowest BCUT2D eigenvalue weighted by molar-refractivity contribution is 0.317. The summed E-state index contributed by atoms with van der Waals surface area (Å²) in [4.78, 5) is 0.108. The standard InChI is InChI=1S/C14H23NO4S/c1-10(14(2,3)4)15-20(16,17)13-8-7-11(18-5)9-12(13)19-6/h7-10,15H,1-6H3. The second-order valence-electron chi connectivity index (χ2n) is 5.73. The molecule has 0 heterocycles. The van der Waals surface area contributed by atoms with Crippen LogP contribution in [0.4, 0.5) is 0 Å². The molecule has 0 aliphatic heterocycles. The Bertz CT molecular complexity index is 561. The van der Waals surface area contributed by atoms with Crippen LogP contribution in [-0.4, -0.2) is 28.7 Å². The first-order chi connectivity index (χ1) is 9.11. The summed E-state index contributed by atoms with van der Waals surface area (Å²) < 4.78 is 37.8. The van der Waals surface area contributed by atoms with Crippen molar-refractivity contribution in [2.75, 3.05) is 14.2 Å². The number of hydrogen-bond acceptors (Lipinski definition) is 4. The van der Waals surface area contributed by atoms with Gasteiger partial charge in [0.25, 0.3) is 0 Å². The van der Waals surface area contributed by atoms with Crippen molar-refractivity contribution in [3.05, 3.63) is 18.2 Å². The summed E-state index contributed by atoms with van der Waals surface area (Å²) in [5, 5.41) is 0. The molecule has 0 fully saturated rings. The Morgan fingerprint density at radius 3 is 2.20 bits per heavy atom. The van der Waals surface area contributed by atoms with E-state index in [9.17, 15) is 8.42 Å². The molecule has 6 heteroatoms. The molecule has 0 aliphatic carbocycles. The van der Waals surface area contributed by atoms with Crippen LogP contribution >= 0.6 is 0 Å². The summed E-state index contributed by atoms with van der Waals surface area (Å²) in [6, 6.07) is 4.42. The molecule has 1 unspecified atom stereocenters. The average molecular weight is 301 g/mol. The van der Waals surface area contributed by atoms with E-state index in [2.05, 4.69) is 4.72 Å². The predicted octanol–water partition coefficient (Wildman–Crippen LogP) is 2.42. The molecule has 0 bridgehead atoms. The van der Waals surface area contributed by atoms with Crippen molar-refractivity contribution in [2.24, 2.45) is 5.41 Å². The number of nitrogens with one attached hydrogen (secondary N) is 1. The molecule has 1 aromatic rings. The summed E-state index contributed by atoms with van der Waals surface area (Å²) >= 11 is 0. The zero-order chi connectivity index (χ0) is 15.6. The normalized spacial score (nSPS) is 13.9. The van der Waals surface area contributed by atoms with Gasteiger partial charge in [0.15, 0.2) is 0 Å². The van der Waals surface area contributed by atoms with Crippen LogP contribution < -0.4 is 14.2 Å². The minimum absolute atomic E-state index is 0.108. The van der Waals surface area contributed by atoms with Gasteiger partial charge >= 0.3 is 0 Å². The van der Waals surface area contributed by atoms with E-state index >= 15 is 0 Å². The van der Waals surface area contributed by atoms with Crippen LogP contribution in [0.25, 0.3) is 0 Å². The van der Waals surface area contributed by atoms with Gasteiger partial charge < -0.3 is 9.47 Å². The van der Waals surface area contributed by atoms with Crippen LogP contribution in [0.5, 0.6) is 11.5 Å². The van der Waals surface area contributed by atoms with Crippen LogP contribution in [0.15, 0.2) is 23.1 Å². The highest BCUT2D eigenvalue weighted by molar-refractivity contribution is 7.89. The summed E-state index contributed by atoms with van der Waals surface area (Å²) in [6.45, 7) is 7.77. The van der Waals surface area contributed by atoms with Crippen molar-refractivity contribution in [2.45, 2.75) is 38.6 Å². The molecule has 0 spiro atoms. The van der Waals surface area contributed by atoms with Gasteiger partial charge in [-0.25, -0.2) is 13.1 Å². The maximum absolute atomic E-state index is 12.4. The predicted molar refractivity (Wildman–Crippen MR) is 78.8 cm³/mol. The van der Waals surface area contributed by atoms with E-state index in [1.54, 1.807) is 12.1 Å². The number of benzene rings is 1. The average Bonchev–Trinajstić information content (AvgIpc) is 2.36. The number of sulfonamides is 1. The van der Waals surface area contributed by atoms with E-state index in [0.717, 1.165) is 0 Å². The van der Waals surface area contributed by atoms with E-state index in [0.29, 0.717) is 5.75 Å². The monoisotopic (exact) mass is 301 g/mol. The number of methoxy groups -OCH3 is 2. The largest absolute Gasteiger partial charge is 0.497 e. The van der Waals surface area contributed by atoms with Crippen LogP contribution in [0.2, 0.25) is 0 Å². The van der Waals surface area contributed by atoms with E-state index in [1.165, 1.54) is 20.3 Å². The Labute approximate surface area is 121 Å². The minimum Gasteiger partial charge on any atom is -0.497 e. The van der Waals surface area contributed by atoms with E-state index < -0.39 is 10.0 Å². The smallest absolute Gasteiger partial charge is 0.244 e. The summed E-state index contributed by atoms with van der Waals surface area (Å²) in [6.07, 6.45) is 0. The first-order valence-electron chi connectivity index (χ1n) is 6.36. The summed E-state index contributed by atoms with van der Waals surface area (Å²) in [5.41, 5.74) is -0.174. The first kappa shape index (κ1) is 16.8. The fraction of sp³-hybridized carbons (Fsp3) is 0.571. The van der Waals surface area contributed by atoms with Crippen LogP contribution in [0.3, 0.4) is 0 Å². The van der Waals surface area contributed by atoms with E-state index in [1.807, 2.05) is 27.7 Å². The lowest BCUT2D eigenvalue weighted by Crippen LogP contribution is -2.41. The zero-order valence-corrected chi connectivity index (χ0v) is 13.7. The number of rotatable bonds is 5. The first-order valence-corrected chi connectivity index (χ1v) is 7.84. The third kappa shape index (κ3) is 3.86. The number of hydrogen-bond donors (Lipinski definition) is 1. The molecule has 0 radical (unpaired) electrons. The Hall–Kier alpha value is -1.27. The molecule has 0 aromatic heterocycles. The van der Waals surface area contributed by atoms with E-state index in [4.69, 9.17) is 9.47 Å². The molecule has 1 rings (SSSR count). The molecule has 1 atom stereocenters. The quantitative estimate of drug-likeness (QED) is 0.907. The lowest BCUT2D eigenvalue weighted by Gasteiger charge is -2.28. The van der Waals surface area contributed by atoms with Gasteiger partial charge in [-0.2, -0.15) is 0 Å². The van der Waals surface area contributed by atoms with Crippen molar-refractivity contribution in [3.63, 3.8) is 0 Å². The van der Waals surface area contributed by atoms with Crippen molar-refractivity contribution in [1.82, 2.24) is 4.72 Å². The summed E-state index contributed by atoms with van der Waals surface area (Å²) in [7, 11) is -0.693. The van der Waals surface area contributed by atoms with Gasteiger partial charge in [0.1, 0.15) is 16.4 Å². The van der Waals surface area contributed by atoms with Crippen molar-refractivity contribution in [1.29, 1.82) is 0 Å². The molecular weight excluding hydrogens is 278 g/mol. The maximum Gasteiger partial charge on any atom is 0.244 e.